The smallest absolute Gasteiger partial charge is 0.0317 e. The van der Waals surface area contributed by atoms with Gasteiger partial charge >= 0.3 is 0 Å². The molecule has 1 heteroatoms. The van der Waals surface area contributed by atoms with Gasteiger partial charge in [0.2, 0.25) is 0 Å². The van der Waals surface area contributed by atoms with Gasteiger partial charge in [-0.3, -0.25) is 0 Å². The predicted molar refractivity (Wildman–Crippen MR) is 126 cm³/mol. The molecular formula is C27H41N. The lowest BCUT2D eigenvalue weighted by molar-refractivity contribution is 0.398. The zero-order valence-electron chi connectivity index (χ0n) is 19.2. The van der Waals surface area contributed by atoms with E-state index in [0.29, 0.717) is 5.41 Å². The SMILES string of the molecule is C=C(C)NC(C)(C)CCc1ccc(CCc2ccccc2)cc1.CC(C)(C)C. The second kappa shape index (κ2) is 11.1. The van der Waals surface area contributed by atoms with E-state index in [1.165, 1.54) is 16.7 Å². The van der Waals surface area contributed by atoms with Crippen LogP contribution in [0.1, 0.15) is 71.6 Å². The van der Waals surface area contributed by atoms with Crippen LogP contribution in [0.15, 0.2) is 66.9 Å². The Morgan fingerprint density at radius 1 is 0.714 bits per heavy atom. The molecule has 0 bridgehead atoms. The number of allylic oxidation sites excluding steroid dienone is 1. The Balaban J connectivity index is 0.000000696. The maximum Gasteiger partial charge on any atom is 0.0317 e. The first-order valence-corrected chi connectivity index (χ1v) is 10.5. The molecular weight excluding hydrogens is 338 g/mol. The average molecular weight is 380 g/mol. The molecule has 0 heterocycles. The van der Waals surface area contributed by atoms with Crippen LogP contribution in [-0.4, -0.2) is 5.54 Å². The van der Waals surface area contributed by atoms with Crippen molar-refractivity contribution in [2.24, 2.45) is 5.41 Å². The van der Waals surface area contributed by atoms with Crippen LogP contribution in [0, 0.1) is 5.41 Å². The van der Waals surface area contributed by atoms with E-state index < -0.39 is 0 Å². The van der Waals surface area contributed by atoms with Crippen LogP contribution in [0.5, 0.6) is 0 Å². The van der Waals surface area contributed by atoms with Crippen molar-refractivity contribution in [2.75, 3.05) is 0 Å². The highest BCUT2D eigenvalue weighted by molar-refractivity contribution is 5.24. The third-order valence-corrected chi connectivity index (χ3v) is 4.16. The van der Waals surface area contributed by atoms with Gasteiger partial charge in [0.05, 0.1) is 0 Å². The van der Waals surface area contributed by atoms with Gasteiger partial charge in [-0.1, -0.05) is 88.9 Å². The summed E-state index contributed by atoms with van der Waals surface area (Å²) in [6, 6.07) is 19.8. The van der Waals surface area contributed by atoms with Crippen molar-refractivity contribution in [1.82, 2.24) is 5.32 Å². The molecule has 28 heavy (non-hydrogen) atoms. The van der Waals surface area contributed by atoms with Crippen molar-refractivity contribution in [3.63, 3.8) is 0 Å². The van der Waals surface area contributed by atoms with Crippen molar-refractivity contribution in [2.45, 2.75) is 79.7 Å². The molecule has 0 saturated carbocycles. The van der Waals surface area contributed by atoms with Crippen molar-refractivity contribution in [1.29, 1.82) is 0 Å². The monoisotopic (exact) mass is 379 g/mol. The topological polar surface area (TPSA) is 12.0 Å². The fourth-order valence-electron chi connectivity index (χ4n) is 2.90. The van der Waals surface area contributed by atoms with Crippen LogP contribution in [0.4, 0.5) is 0 Å². The maximum absolute atomic E-state index is 3.94. The minimum Gasteiger partial charge on any atom is -0.384 e. The highest BCUT2D eigenvalue weighted by Crippen LogP contribution is 2.16. The average Bonchev–Trinajstić information content (AvgIpc) is 2.57. The Hall–Kier alpha value is -2.02. The van der Waals surface area contributed by atoms with Crippen LogP contribution in [0.25, 0.3) is 0 Å². The number of hydrogen-bond acceptors (Lipinski definition) is 1. The summed E-state index contributed by atoms with van der Waals surface area (Å²) in [6.45, 7) is 19.2. The Labute approximate surface area is 174 Å². The van der Waals surface area contributed by atoms with E-state index in [9.17, 15) is 0 Å². The molecule has 0 atom stereocenters. The first kappa shape index (κ1) is 24.0. The van der Waals surface area contributed by atoms with Gasteiger partial charge in [0.15, 0.2) is 0 Å². The van der Waals surface area contributed by atoms with Crippen LogP contribution in [-0.2, 0) is 19.3 Å². The molecule has 0 aliphatic carbocycles. The molecule has 0 aliphatic heterocycles. The molecule has 0 radical (unpaired) electrons. The van der Waals surface area contributed by atoms with Crippen molar-refractivity contribution in [3.05, 3.63) is 83.6 Å². The van der Waals surface area contributed by atoms with Gasteiger partial charge in [-0.25, -0.2) is 0 Å². The minimum absolute atomic E-state index is 0.0951. The third kappa shape index (κ3) is 12.4. The van der Waals surface area contributed by atoms with Crippen LogP contribution >= 0.6 is 0 Å². The molecule has 0 aliphatic rings. The summed E-state index contributed by atoms with van der Waals surface area (Å²) >= 11 is 0. The van der Waals surface area contributed by atoms with E-state index in [1.807, 2.05) is 6.92 Å². The van der Waals surface area contributed by atoms with Gasteiger partial charge in [-0.15, -0.1) is 0 Å². The summed E-state index contributed by atoms with van der Waals surface area (Å²) in [5.74, 6) is 0. The normalized spacial score (nSPS) is 11.4. The maximum atomic E-state index is 3.94. The Kier molecular flexibility index (Phi) is 9.52. The summed E-state index contributed by atoms with van der Waals surface area (Å²) in [5, 5.41) is 3.44. The number of hydrogen-bond donors (Lipinski definition) is 1. The summed E-state index contributed by atoms with van der Waals surface area (Å²) < 4.78 is 0. The Morgan fingerprint density at radius 3 is 1.54 bits per heavy atom. The highest BCUT2D eigenvalue weighted by Gasteiger charge is 2.16. The van der Waals surface area contributed by atoms with Gasteiger partial charge in [0.25, 0.3) is 0 Å². The summed E-state index contributed by atoms with van der Waals surface area (Å²) in [7, 11) is 0. The predicted octanol–water partition coefficient (Wildman–Crippen LogP) is 7.36. The Bertz CT molecular complexity index is 681. The van der Waals surface area contributed by atoms with E-state index in [4.69, 9.17) is 0 Å². The van der Waals surface area contributed by atoms with E-state index >= 15 is 0 Å². The summed E-state index contributed by atoms with van der Waals surface area (Å²) in [4.78, 5) is 0. The van der Waals surface area contributed by atoms with E-state index in [2.05, 4.69) is 108 Å². The standard InChI is InChI=1S/C22H29N.C5H12/c1-18(2)23-22(3,4)17-16-21-14-12-20(13-15-21)11-10-19-8-6-5-7-9-19;1-5(2,3)4/h5-9,12-15,23H,1,10-11,16-17H2,2-4H3;1-4H3. The Morgan fingerprint density at radius 2 is 1.11 bits per heavy atom. The van der Waals surface area contributed by atoms with Crippen LogP contribution in [0.2, 0.25) is 0 Å². The lowest BCUT2D eigenvalue weighted by Gasteiger charge is -2.27. The molecule has 154 valence electrons. The first-order chi connectivity index (χ1) is 12.9. The molecule has 0 amide bonds. The second-order valence-corrected chi connectivity index (χ2v) is 10.1. The lowest BCUT2D eigenvalue weighted by Crippen LogP contribution is -2.38. The molecule has 2 aromatic carbocycles. The van der Waals surface area contributed by atoms with Gasteiger partial charge in [-0.2, -0.15) is 0 Å². The largest absolute Gasteiger partial charge is 0.384 e. The number of benzene rings is 2. The molecule has 1 nitrogen and oxygen atoms in total. The number of rotatable bonds is 8. The minimum atomic E-state index is 0.0951. The first-order valence-electron chi connectivity index (χ1n) is 10.5. The van der Waals surface area contributed by atoms with Crippen molar-refractivity contribution in [3.8, 4) is 0 Å². The van der Waals surface area contributed by atoms with Gasteiger partial charge < -0.3 is 5.32 Å². The van der Waals surface area contributed by atoms with E-state index in [-0.39, 0.29) is 5.54 Å². The highest BCUT2D eigenvalue weighted by atomic mass is 15.0. The molecule has 2 rings (SSSR count). The van der Waals surface area contributed by atoms with Crippen LogP contribution in [0.3, 0.4) is 0 Å². The van der Waals surface area contributed by atoms with Crippen molar-refractivity contribution < 1.29 is 0 Å². The molecule has 0 aromatic heterocycles. The van der Waals surface area contributed by atoms with Gasteiger partial charge in [0.1, 0.15) is 0 Å². The fourth-order valence-corrected chi connectivity index (χ4v) is 2.90. The summed E-state index contributed by atoms with van der Waals surface area (Å²) in [5.41, 5.74) is 5.86. The molecule has 0 fully saturated rings. The number of nitrogens with one attached hydrogen (secondary N) is 1. The van der Waals surface area contributed by atoms with E-state index in [1.54, 1.807) is 0 Å². The zero-order chi connectivity index (χ0) is 21.2. The second-order valence-electron chi connectivity index (χ2n) is 10.1. The molecule has 2 aromatic rings. The van der Waals surface area contributed by atoms with Crippen LogP contribution < -0.4 is 5.32 Å². The van der Waals surface area contributed by atoms with Gasteiger partial charge in [-0.05, 0) is 68.6 Å². The zero-order valence-corrected chi connectivity index (χ0v) is 19.2. The lowest BCUT2D eigenvalue weighted by atomic mass is 9.94. The summed E-state index contributed by atoms with van der Waals surface area (Å²) in [6.07, 6.45) is 4.40. The third-order valence-electron chi connectivity index (χ3n) is 4.16. The molecule has 1 N–H and O–H groups in total. The van der Waals surface area contributed by atoms with Gasteiger partial charge in [0, 0.05) is 11.2 Å². The molecule has 0 unspecified atom stereocenters. The fraction of sp³-hybridized carbons (Fsp3) is 0.481. The molecule has 0 spiro atoms. The number of aryl methyl sites for hydroxylation is 3. The van der Waals surface area contributed by atoms with E-state index in [0.717, 1.165) is 31.4 Å². The van der Waals surface area contributed by atoms with Crippen molar-refractivity contribution >= 4 is 0 Å². The molecule has 0 saturated heterocycles. The quantitative estimate of drug-likeness (QED) is 0.505.